The molecule has 19 heteroatoms. The van der Waals surface area contributed by atoms with Gasteiger partial charge in [-0.15, -0.1) is 0 Å². The van der Waals surface area contributed by atoms with E-state index in [9.17, 15) is 0 Å². The Morgan fingerprint density at radius 1 is 0.168 bits per heavy atom. The molecule has 0 amide bonds. The molecule has 5 aromatic carbocycles. The van der Waals surface area contributed by atoms with E-state index in [1.165, 1.54) is 35.7 Å². The van der Waals surface area contributed by atoms with Gasteiger partial charge in [-0.1, -0.05) is 176 Å². The van der Waals surface area contributed by atoms with Gasteiger partial charge in [-0.05, 0) is 165 Å². The molecule has 0 N–H and O–H groups in total. The second-order valence-electron chi connectivity index (χ2n) is 23.1. The van der Waals surface area contributed by atoms with Gasteiger partial charge in [0.15, 0.2) is 29.1 Å². The third-order valence-corrected chi connectivity index (χ3v) is 13.7. The number of nitrogens with zero attached hydrogens (tertiary/aromatic N) is 19. The average Bonchev–Trinajstić information content (AvgIpc) is 0.823. The molecule has 0 atom stereocenters. The van der Waals surface area contributed by atoms with E-state index < -0.39 is 0 Å². The van der Waals surface area contributed by atoms with E-state index in [0.717, 1.165) is 91.0 Å². The maximum Gasteiger partial charge on any atom is 0.163 e. The summed E-state index contributed by atoms with van der Waals surface area (Å²) in [5.74, 6) is 5.21. The Hall–Kier alpha value is -13.8. The first-order valence-corrected chi connectivity index (χ1v) is 34.2. The zero-order valence-corrected chi connectivity index (χ0v) is 62.3. The van der Waals surface area contributed by atoms with Crippen molar-refractivity contribution in [3.63, 3.8) is 0 Å². The van der Waals surface area contributed by atoms with Crippen molar-refractivity contribution in [2.24, 2.45) is 0 Å². The Morgan fingerprint density at radius 3 is 0.841 bits per heavy atom. The molecule has 0 unspecified atom stereocenters. The van der Waals surface area contributed by atoms with E-state index in [4.69, 9.17) is 0 Å². The van der Waals surface area contributed by atoms with Crippen LogP contribution in [0.3, 0.4) is 0 Å². The summed E-state index contributed by atoms with van der Waals surface area (Å²) < 4.78 is 0. The minimum atomic E-state index is 0.715. The molecule has 0 fully saturated rings. The Balaban J connectivity index is 0.000000188. The highest BCUT2D eigenvalue weighted by molar-refractivity contribution is 5.61. The first-order valence-electron chi connectivity index (χ1n) is 34.2. The number of rotatable bonds is 5. The largest absolute Gasteiger partial charge is 0.265 e. The van der Waals surface area contributed by atoms with Crippen LogP contribution in [-0.2, 0) is 0 Å². The van der Waals surface area contributed by atoms with E-state index in [-0.39, 0.29) is 0 Å². The first kappa shape index (κ1) is 82.1. The molecule has 0 saturated heterocycles. The van der Waals surface area contributed by atoms with Crippen molar-refractivity contribution in [2.45, 2.75) is 76.2 Å². The fourth-order valence-corrected chi connectivity index (χ4v) is 8.26. The van der Waals surface area contributed by atoms with Gasteiger partial charge in [-0.25, -0.2) is 69.8 Å². The molecule has 0 aliphatic rings. The van der Waals surface area contributed by atoms with E-state index in [0.29, 0.717) is 11.6 Å². The van der Waals surface area contributed by atoms with Crippen LogP contribution in [-0.4, -0.2) is 94.7 Å². The topological polar surface area (TPSA) is 245 Å². The van der Waals surface area contributed by atoms with Gasteiger partial charge in [0, 0.05) is 137 Å². The molecule has 11 aromatic heterocycles. The number of aromatic nitrogens is 19. The van der Waals surface area contributed by atoms with Crippen LogP contribution in [0.2, 0.25) is 0 Å². The normalized spacial score (nSPS) is 9.45. The molecule has 16 aromatic rings. The van der Waals surface area contributed by atoms with Crippen LogP contribution < -0.4 is 0 Å². The van der Waals surface area contributed by atoms with Crippen LogP contribution in [0.5, 0.6) is 0 Å². The third-order valence-electron chi connectivity index (χ3n) is 13.7. The lowest BCUT2D eigenvalue weighted by molar-refractivity contribution is 0.983. The predicted octanol–water partition coefficient (Wildman–Crippen LogP) is 18.8. The summed E-state index contributed by atoms with van der Waals surface area (Å²) in [7, 11) is 0. The zero-order chi connectivity index (χ0) is 76.2. The second kappa shape index (κ2) is 49.7. The summed E-state index contributed by atoms with van der Waals surface area (Å²) in [6, 6.07) is 78.9. The molecule has 11 heterocycles. The number of hydrogen-bond donors (Lipinski definition) is 0. The first-order chi connectivity index (χ1) is 52.2. The van der Waals surface area contributed by atoms with Crippen LogP contribution in [0.15, 0.2) is 342 Å². The second-order valence-corrected chi connectivity index (χ2v) is 23.1. The highest BCUT2D eigenvalue weighted by atomic mass is 15.0. The zero-order valence-electron chi connectivity index (χ0n) is 62.3. The highest BCUT2D eigenvalue weighted by Gasteiger charge is 2.08. The van der Waals surface area contributed by atoms with Crippen LogP contribution in [0, 0.1) is 76.2 Å². The maximum absolute atomic E-state index is 4.55. The van der Waals surface area contributed by atoms with E-state index in [1.54, 1.807) is 55.8 Å². The van der Waals surface area contributed by atoms with E-state index in [1.807, 2.05) is 344 Å². The molecule has 0 spiro atoms. The Morgan fingerprint density at radius 2 is 0.542 bits per heavy atom. The van der Waals surface area contributed by atoms with Crippen molar-refractivity contribution in [3.05, 3.63) is 405 Å². The van der Waals surface area contributed by atoms with Crippen molar-refractivity contribution in [1.82, 2.24) is 94.7 Å². The van der Waals surface area contributed by atoms with E-state index in [2.05, 4.69) is 94.7 Å². The summed E-state index contributed by atoms with van der Waals surface area (Å²) in [6.45, 7) is 21.6. The van der Waals surface area contributed by atoms with Crippen LogP contribution in [0.25, 0.3) is 56.9 Å². The third kappa shape index (κ3) is 36.1. The summed E-state index contributed by atoms with van der Waals surface area (Å²) in [5.41, 5.74) is 15.1. The summed E-state index contributed by atoms with van der Waals surface area (Å²) in [6.07, 6.45) is 27.9. The monoisotopic (exact) mass is 1410 g/mol. The van der Waals surface area contributed by atoms with Gasteiger partial charge in [0.1, 0.15) is 30.6 Å². The quantitative estimate of drug-likeness (QED) is 0.155. The molecule has 0 aliphatic heterocycles. The van der Waals surface area contributed by atoms with Gasteiger partial charge in [-0.2, -0.15) is 0 Å². The van der Waals surface area contributed by atoms with Gasteiger partial charge in [0.25, 0.3) is 0 Å². The summed E-state index contributed by atoms with van der Waals surface area (Å²) in [5, 5.41) is 0. The number of benzene rings is 5. The number of pyridine rings is 5. The van der Waals surface area contributed by atoms with Crippen molar-refractivity contribution in [2.75, 3.05) is 0 Å². The number of aryl methyl sites for hydroxylation is 11. The van der Waals surface area contributed by atoms with Crippen molar-refractivity contribution in [1.29, 1.82) is 0 Å². The van der Waals surface area contributed by atoms with Gasteiger partial charge in [0.2, 0.25) is 0 Å². The highest BCUT2D eigenvalue weighted by Crippen LogP contribution is 2.20. The van der Waals surface area contributed by atoms with Crippen LogP contribution >= 0.6 is 0 Å². The standard InChI is InChI=1S/C16H13N3.2C11H10N2.C10H9N3.5C6H7N.2C5H6N2/c1-12-17-15(13-8-4-2-5-9-13)19-16(18-12)14-10-6-3-7-11-14;1-9-7-12-11(13-8-9)10-5-3-2-4-6-10;1-9-7-8-12-11(13-9)10-5-3-2-4-6-10;1-8-11-7-12-10(13-8)9-5-3-2-4-6-9;1-6-2-4-7-5-3-6;2*1-6-3-2-4-7-5-6;2*1-6-4-2-3-5-7-6;2*1-5-2-3-6-4-7-5/h2-11H,1H3;2*2-8H,1H3;2-7H,1H3;5*2-5H,1H3;2*2-4H,1H3. The molecule has 16 rings (SSSR count). The molecule has 107 heavy (non-hydrogen) atoms. The fraction of sp³-hybridized carbons (Fsp3) is 0.125. The Kier molecular flexibility index (Phi) is 38.2. The average molecular weight is 1410 g/mol. The fourth-order valence-electron chi connectivity index (χ4n) is 8.26. The molecule has 0 aliphatic carbocycles. The van der Waals surface area contributed by atoms with Gasteiger partial charge in [0.05, 0.1) is 0 Å². The predicted molar refractivity (Wildman–Crippen MR) is 428 cm³/mol. The molecule has 0 bridgehead atoms. The molecular weight excluding hydrogens is 1320 g/mol. The van der Waals surface area contributed by atoms with Crippen molar-refractivity contribution < 1.29 is 0 Å². The molecule has 536 valence electrons. The molecule has 19 nitrogen and oxygen atoms in total. The maximum atomic E-state index is 4.55. The molecular formula is C88H89N19. The minimum absolute atomic E-state index is 0.715. The summed E-state index contributed by atoms with van der Waals surface area (Å²) >= 11 is 0. The Labute approximate surface area is 629 Å². The lowest BCUT2D eigenvalue weighted by Gasteiger charge is -2.05. The molecule has 0 saturated carbocycles. The van der Waals surface area contributed by atoms with E-state index >= 15 is 0 Å². The SMILES string of the molecule is Cc1ccccn1.Cc1ccccn1.Cc1cccnc1.Cc1cccnc1.Cc1ccnc(-c2ccccc2)n1.Cc1ccncc1.Cc1ccncn1.Cc1ccncn1.Cc1cnc(-c2ccccc2)nc1.Cc1nc(-c2ccccc2)nc(-c2ccccc2)n1.Cc1ncnc(-c2ccccc2)n1. The number of hydrogen-bond acceptors (Lipinski definition) is 19. The van der Waals surface area contributed by atoms with Crippen LogP contribution in [0.1, 0.15) is 62.4 Å². The lowest BCUT2D eigenvalue weighted by atomic mass is 10.2. The Bertz CT molecular complexity index is 4370. The molecule has 0 radical (unpaired) electrons. The van der Waals surface area contributed by atoms with Gasteiger partial charge < -0.3 is 0 Å². The lowest BCUT2D eigenvalue weighted by Crippen LogP contribution is -1.99. The van der Waals surface area contributed by atoms with Gasteiger partial charge >= 0.3 is 0 Å². The van der Waals surface area contributed by atoms with Crippen molar-refractivity contribution >= 4 is 0 Å². The minimum Gasteiger partial charge on any atom is -0.265 e. The smallest absolute Gasteiger partial charge is 0.163 e. The van der Waals surface area contributed by atoms with Crippen LogP contribution in [0.4, 0.5) is 0 Å². The summed E-state index contributed by atoms with van der Waals surface area (Å²) in [4.78, 5) is 77.4. The van der Waals surface area contributed by atoms with Gasteiger partial charge in [-0.3, -0.25) is 24.9 Å². The van der Waals surface area contributed by atoms with Crippen molar-refractivity contribution in [3.8, 4) is 56.9 Å².